The summed E-state index contributed by atoms with van der Waals surface area (Å²) in [6.07, 6.45) is 6.57. The number of hydrogen-bond donors (Lipinski definition) is 3. The average molecular weight is 508 g/mol. The van der Waals surface area contributed by atoms with E-state index >= 15 is 0 Å². The molecule has 0 unspecified atom stereocenters. The van der Waals surface area contributed by atoms with Gasteiger partial charge >= 0.3 is 0 Å². The van der Waals surface area contributed by atoms with Crippen LogP contribution in [0.1, 0.15) is 0 Å². The molecule has 10 nitrogen and oxygen atoms in total. The van der Waals surface area contributed by atoms with E-state index in [-0.39, 0.29) is 18.3 Å². The first kappa shape index (κ1) is 23.4. The summed E-state index contributed by atoms with van der Waals surface area (Å²) in [6, 6.07) is 12.0. The van der Waals surface area contributed by atoms with Crippen LogP contribution in [0.2, 0.25) is 0 Å². The van der Waals surface area contributed by atoms with Crippen molar-refractivity contribution >= 4 is 33.7 Å². The van der Waals surface area contributed by atoms with Gasteiger partial charge in [-0.2, -0.15) is 5.10 Å². The molecule has 1 amide bonds. The summed E-state index contributed by atoms with van der Waals surface area (Å²) in [7, 11) is 3.66. The maximum absolute atomic E-state index is 14.5. The van der Waals surface area contributed by atoms with Crippen molar-refractivity contribution in [3.8, 4) is 33.9 Å². The number of imidazole rings is 1. The molecule has 0 spiro atoms. The van der Waals surface area contributed by atoms with E-state index in [1.165, 1.54) is 6.07 Å². The van der Waals surface area contributed by atoms with E-state index in [1.54, 1.807) is 54.0 Å². The van der Waals surface area contributed by atoms with E-state index in [9.17, 15) is 9.18 Å². The van der Waals surface area contributed by atoms with Crippen LogP contribution in [-0.4, -0.2) is 66.6 Å². The van der Waals surface area contributed by atoms with Gasteiger partial charge in [-0.25, -0.2) is 14.4 Å². The highest BCUT2D eigenvalue weighted by atomic mass is 19.1. The van der Waals surface area contributed by atoms with Crippen molar-refractivity contribution < 1.29 is 9.18 Å². The van der Waals surface area contributed by atoms with Crippen LogP contribution in [-0.2, 0) is 4.79 Å². The topological polar surface area (TPSA) is 128 Å². The molecular formula is C27H22FN9O. The maximum Gasteiger partial charge on any atom is 0.238 e. The molecule has 0 aliphatic carbocycles. The number of aromatic amines is 2. The molecule has 0 aliphatic rings. The van der Waals surface area contributed by atoms with E-state index in [4.69, 9.17) is 0 Å². The summed E-state index contributed by atoms with van der Waals surface area (Å²) in [5, 5.41) is 11.1. The van der Waals surface area contributed by atoms with Gasteiger partial charge in [0.1, 0.15) is 11.5 Å². The van der Waals surface area contributed by atoms with Crippen LogP contribution in [0.4, 0.5) is 10.1 Å². The van der Waals surface area contributed by atoms with Gasteiger partial charge in [0, 0.05) is 34.5 Å². The standard InChI is InChI=1S/C27H22FN9O/c1-37(2)14-23(38)32-16-9-15(11-29-12-16)21-10-19-22(13-31-21)35-36-25(19)27-33-24-18(7-8-30-26(24)34-27)17-5-3-4-6-20(17)28/h3-13H,14H2,1-2H3,(H,32,38)(H,35,36)(H,30,33,34). The van der Waals surface area contributed by atoms with Gasteiger partial charge in [-0.3, -0.25) is 19.9 Å². The Kier molecular flexibility index (Phi) is 5.81. The number of H-pyrrole nitrogens is 2. The Hall–Kier alpha value is -5.03. The molecule has 0 radical (unpaired) electrons. The Labute approximate surface area is 216 Å². The quantitative estimate of drug-likeness (QED) is 0.307. The van der Waals surface area contributed by atoms with Gasteiger partial charge in [0.15, 0.2) is 11.5 Å². The fourth-order valence-electron chi connectivity index (χ4n) is 4.32. The number of fused-ring (bicyclic) bond motifs is 2. The van der Waals surface area contributed by atoms with Gasteiger partial charge in [-0.1, -0.05) is 18.2 Å². The Bertz CT molecular complexity index is 1810. The third-order valence-corrected chi connectivity index (χ3v) is 6.01. The fraction of sp³-hybridized carbons (Fsp3) is 0.111. The molecule has 0 saturated carbocycles. The Morgan fingerprint density at radius 2 is 1.92 bits per heavy atom. The van der Waals surface area contributed by atoms with E-state index < -0.39 is 0 Å². The number of amides is 1. The largest absolute Gasteiger partial charge is 0.335 e. The van der Waals surface area contributed by atoms with Crippen molar-refractivity contribution in [3.63, 3.8) is 0 Å². The zero-order valence-corrected chi connectivity index (χ0v) is 20.5. The molecule has 0 atom stereocenters. The molecule has 188 valence electrons. The number of carbonyl (C=O) groups excluding carboxylic acids is 1. The summed E-state index contributed by atoms with van der Waals surface area (Å²) >= 11 is 0. The maximum atomic E-state index is 14.5. The highest BCUT2D eigenvalue weighted by Gasteiger charge is 2.18. The summed E-state index contributed by atoms with van der Waals surface area (Å²) in [5.74, 6) is 0.0241. The lowest BCUT2D eigenvalue weighted by atomic mass is 10.1. The number of halogens is 1. The van der Waals surface area contributed by atoms with Gasteiger partial charge in [0.2, 0.25) is 5.91 Å². The molecule has 3 N–H and O–H groups in total. The summed E-state index contributed by atoms with van der Waals surface area (Å²) in [6.45, 7) is 0.262. The number of nitrogens with zero attached hydrogens (tertiary/aromatic N) is 6. The van der Waals surface area contributed by atoms with Crippen LogP contribution in [0, 0.1) is 5.82 Å². The average Bonchev–Trinajstić information content (AvgIpc) is 3.52. The van der Waals surface area contributed by atoms with Crippen molar-refractivity contribution in [2.75, 3.05) is 26.0 Å². The SMILES string of the molecule is CN(C)CC(=O)Nc1cncc(-c2cc3c(-c4nc5nccc(-c6ccccc6F)c5[nH]4)n[nH]c3cn2)c1. The second kappa shape index (κ2) is 9.45. The normalized spacial score (nSPS) is 11.5. The Morgan fingerprint density at radius 3 is 2.76 bits per heavy atom. The molecule has 11 heteroatoms. The van der Waals surface area contributed by atoms with E-state index in [0.717, 1.165) is 16.5 Å². The molecule has 5 aromatic heterocycles. The van der Waals surface area contributed by atoms with Crippen LogP contribution < -0.4 is 5.32 Å². The highest BCUT2D eigenvalue weighted by Crippen LogP contribution is 2.32. The number of aromatic nitrogens is 7. The molecule has 0 bridgehead atoms. The molecule has 6 aromatic rings. The van der Waals surface area contributed by atoms with E-state index in [0.29, 0.717) is 45.2 Å². The molecule has 6 rings (SSSR count). The zero-order valence-electron chi connectivity index (χ0n) is 20.5. The van der Waals surface area contributed by atoms with Crippen molar-refractivity contribution in [2.24, 2.45) is 0 Å². The second-order valence-electron chi connectivity index (χ2n) is 9.06. The predicted molar refractivity (Wildman–Crippen MR) is 143 cm³/mol. The third-order valence-electron chi connectivity index (χ3n) is 6.01. The van der Waals surface area contributed by atoms with Crippen molar-refractivity contribution in [1.29, 1.82) is 0 Å². The number of nitrogens with one attached hydrogen (secondary N) is 3. The first-order valence-corrected chi connectivity index (χ1v) is 11.8. The van der Waals surface area contributed by atoms with Crippen LogP contribution in [0.15, 0.2) is 67.3 Å². The van der Waals surface area contributed by atoms with E-state index in [1.807, 2.05) is 26.2 Å². The minimum atomic E-state index is -0.328. The number of carbonyl (C=O) groups is 1. The van der Waals surface area contributed by atoms with E-state index in [2.05, 4.69) is 40.4 Å². The lowest BCUT2D eigenvalue weighted by Gasteiger charge is -2.10. The number of pyridine rings is 3. The Morgan fingerprint density at radius 1 is 1.05 bits per heavy atom. The molecule has 0 fully saturated rings. The highest BCUT2D eigenvalue weighted by molar-refractivity contribution is 5.97. The van der Waals surface area contributed by atoms with Gasteiger partial charge in [0.05, 0.1) is 41.4 Å². The molecular weight excluding hydrogens is 485 g/mol. The number of rotatable bonds is 6. The molecule has 38 heavy (non-hydrogen) atoms. The first-order valence-electron chi connectivity index (χ1n) is 11.8. The lowest BCUT2D eigenvalue weighted by molar-refractivity contribution is -0.116. The number of likely N-dealkylation sites (N-methyl/N-ethyl adjacent to an activating group) is 1. The summed E-state index contributed by atoms with van der Waals surface area (Å²) < 4.78 is 14.5. The molecule has 0 aliphatic heterocycles. The first-order chi connectivity index (χ1) is 18.5. The van der Waals surface area contributed by atoms with Crippen LogP contribution in [0.5, 0.6) is 0 Å². The fourth-order valence-corrected chi connectivity index (χ4v) is 4.32. The summed E-state index contributed by atoms with van der Waals surface area (Å²) in [5.41, 5.74) is 5.44. The Balaban J connectivity index is 1.39. The molecule has 1 aromatic carbocycles. The number of hydrogen-bond acceptors (Lipinski definition) is 7. The smallest absolute Gasteiger partial charge is 0.238 e. The summed E-state index contributed by atoms with van der Waals surface area (Å²) in [4.78, 5) is 35.1. The van der Waals surface area contributed by atoms with Crippen LogP contribution in [0.3, 0.4) is 0 Å². The lowest BCUT2D eigenvalue weighted by Crippen LogP contribution is -2.27. The zero-order chi connectivity index (χ0) is 26.2. The molecule has 5 heterocycles. The van der Waals surface area contributed by atoms with Gasteiger partial charge < -0.3 is 15.2 Å². The van der Waals surface area contributed by atoms with Gasteiger partial charge in [-0.05, 0) is 38.4 Å². The van der Waals surface area contributed by atoms with Gasteiger partial charge in [-0.15, -0.1) is 0 Å². The minimum Gasteiger partial charge on any atom is -0.335 e. The van der Waals surface area contributed by atoms with Crippen molar-refractivity contribution in [3.05, 3.63) is 73.1 Å². The third kappa shape index (κ3) is 4.35. The van der Waals surface area contributed by atoms with Gasteiger partial charge in [0.25, 0.3) is 0 Å². The van der Waals surface area contributed by atoms with Crippen molar-refractivity contribution in [2.45, 2.75) is 0 Å². The van der Waals surface area contributed by atoms with Crippen LogP contribution >= 0.6 is 0 Å². The van der Waals surface area contributed by atoms with Crippen molar-refractivity contribution in [1.82, 2.24) is 40.0 Å². The predicted octanol–water partition coefficient (Wildman–Crippen LogP) is 4.26. The minimum absolute atomic E-state index is 0.136. The monoisotopic (exact) mass is 507 g/mol. The second-order valence-corrected chi connectivity index (χ2v) is 9.06. The molecule has 0 saturated heterocycles. The number of anilines is 1. The van der Waals surface area contributed by atoms with Crippen LogP contribution in [0.25, 0.3) is 56.0 Å². The number of benzene rings is 1.